The van der Waals surface area contributed by atoms with Gasteiger partial charge in [0.2, 0.25) is 5.75 Å². The number of methoxy groups -OCH3 is 4. The maximum absolute atomic E-state index is 13.3. The summed E-state index contributed by atoms with van der Waals surface area (Å²) in [5.41, 5.74) is 3.63. The second-order valence-electron chi connectivity index (χ2n) is 7.34. The van der Waals surface area contributed by atoms with Crippen LogP contribution in [0.5, 0.6) is 23.0 Å². The van der Waals surface area contributed by atoms with Gasteiger partial charge in [0.1, 0.15) is 22.9 Å². The molecule has 2 aromatic heterocycles. The molecule has 0 saturated carbocycles. The fourth-order valence-electron chi connectivity index (χ4n) is 3.61. The number of fused-ring (bicyclic) bond motifs is 1. The number of imidazole rings is 1. The highest BCUT2D eigenvalue weighted by Gasteiger charge is 2.21. The number of pyridine rings is 1. The molecule has 33 heavy (non-hydrogen) atoms. The minimum atomic E-state index is -0.341. The second kappa shape index (κ2) is 9.12. The summed E-state index contributed by atoms with van der Waals surface area (Å²) in [5.74, 6) is 2.15. The Balaban J connectivity index is 1.80. The number of aromatic nitrogens is 2. The zero-order valence-electron chi connectivity index (χ0n) is 19.1. The number of nitrogens with one attached hydrogen (secondary N) is 1. The number of ether oxygens (including phenoxy) is 4. The Bertz CT molecular complexity index is 1290. The Morgan fingerprint density at radius 2 is 1.55 bits per heavy atom. The van der Waals surface area contributed by atoms with E-state index >= 15 is 0 Å². The van der Waals surface area contributed by atoms with E-state index in [0.29, 0.717) is 34.3 Å². The Labute approximate surface area is 191 Å². The quantitative estimate of drug-likeness (QED) is 0.446. The molecule has 1 amide bonds. The Morgan fingerprint density at radius 1 is 0.879 bits per heavy atom. The molecule has 1 N–H and O–H groups in total. The molecule has 0 bridgehead atoms. The molecule has 2 aromatic carbocycles. The molecule has 0 saturated heterocycles. The first-order chi connectivity index (χ1) is 16.0. The van der Waals surface area contributed by atoms with Gasteiger partial charge in [-0.05, 0) is 61.0 Å². The number of hydrogen-bond donors (Lipinski definition) is 1. The topological polar surface area (TPSA) is 83.3 Å². The van der Waals surface area contributed by atoms with Crippen LogP contribution in [-0.4, -0.2) is 43.7 Å². The molecule has 4 aromatic rings. The van der Waals surface area contributed by atoms with Gasteiger partial charge >= 0.3 is 0 Å². The number of benzene rings is 2. The van der Waals surface area contributed by atoms with E-state index in [2.05, 4.69) is 5.32 Å². The van der Waals surface area contributed by atoms with Crippen LogP contribution < -0.4 is 24.3 Å². The summed E-state index contributed by atoms with van der Waals surface area (Å²) in [4.78, 5) is 18.1. The van der Waals surface area contributed by atoms with Crippen molar-refractivity contribution in [2.45, 2.75) is 6.92 Å². The molecule has 170 valence electrons. The Hall–Kier alpha value is -4.20. The van der Waals surface area contributed by atoms with Gasteiger partial charge in [0.15, 0.2) is 11.5 Å². The molecule has 2 heterocycles. The van der Waals surface area contributed by atoms with Crippen LogP contribution >= 0.6 is 0 Å². The zero-order valence-corrected chi connectivity index (χ0v) is 19.1. The normalized spacial score (nSPS) is 10.7. The van der Waals surface area contributed by atoms with Crippen LogP contribution in [0.1, 0.15) is 15.9 Å². The highest BCUT2D eigenvalue weighted by molar-refractivity contribution is 6.06. The molecular formula is C25H25N3O5. The molecular weight excluding hydrogens is 422 g/mol. The molecule has 0 radical (unpaired) electrons. The van der Waals surface area contributed by atoms with E-state index in [1.165, 1.54) is 21.3 Å². The van der Waals surface area contributed by atoms with E-state index in [1.54, 1.807) is 19.2 Å². The first-order valence-electron chi connectivity index (χ1n) is 10.2. The Morgan fingerprint density at radius 3 is 2.12 bits per heavy atom. The molecule has 0 fully saturated rings. The van der Waals surface area contributed by atoms with Crippen LogP contribution in [0, 0.1) is 6.92 Å². The van der Waals surface area contributed by atoms with Gasteiger partial charge in [-0.25, -0.2) is 4.98 Å². The van der Waals surface area contributed by atoms with E-state index in [-0.39, 0.29) is 5.91 Å². The predicted molar refractivity (Wildman–Crippen MR) is 126 cm³/mol. The zero-order chi connectivity index (χ0) is 23.5. The summed E-state index contributed by atoms with van der Waals surface area (Å²) >= 11 is 0. The summed E-state index contributed by atoms with van der Waals surface area (Å²) < 4.78 is 23.2. The summed E-state index contributed by atoms with van der Waals surface area (Å²) in [6.07, 6.45) is 1.88. The molecule has 4 rings (SSSR count). The van der Waals surface area contributed by atoms with Crippen LogP contribution in [0.4, 0.5) is 5.82 Å². The maximum Gasteiger partial charge on any atom is 0.257 e. The van der Waals surface area contributed by atoms with Crippen molar-refractivity contribution in [1.82, 2.24) is 9.38 Å². The Kier molecular flexibility index (Phi) is 6.08. The minimum absolute atomic E-state index is 0.341. The molecule has 0 unspecified atom stereocenters. The summed E-state index contributed by atoms with van der Waals surface area (Å²) in [5, 5.41) is 3.01. The van der Waals surface area contributed by atoms with Gasteiger partial charge in [0, 0.05) is 17.3 Å². The molecule has 8 nitrogen and oxygen atoms in total. The van der Waals surface area contributed by atoms with Gasteiger partial charge in [0.05, 0.1) is 28.4 Å². The summed E-state index contributed by atoms with van der Waals surface area (Å²) in [6.45, 7) is 2.00. The second-order valence-corrected chi connectivity index (χ2v) is 7.34. The number of aryl methyl sites for hydroxylation is 1. The summed E-state index contributed by atoms with van der Waals surface area (Å²) in [7, 11) is 6.15. The van der Waals surface area contributed by atoms with E-state index in [9.17, 15) is 4.79 Å². The lowest BCUT2D eigenvalue weighted by atomic mass is 10.1. The fraction of sp³-hybridized carbons (Fsp3) is 0.200. The van der Waals surface area contributed by atoms with Crippen molar-refractivity contribution in [2.24, 2.45) is 0 Å². The standard InChI is InChI=1S/C25H25N3O5/c1-15-10-11-28-21(12-15)26-22(16-6-8-18(30-2)9-7-16)24(28)27-25(29)17-13-19(31-3)23(33-5)20(14-17)32-4/h6-14H,1-5H3,(H,27,29). The number of carbonyl (C=O) groups excluding carboxylic acids is 1. The number of carbonyl (C=O) groups is 1. The third-order valence-electron chi connectivity index (χ3n) is 5.30. The van der Waals surface area contributed by atoms with E-state index in [4.69, 9.17) is 23.9 Å². The largest absolute Gasteiger partial charge is 0.497 e. The fourth-order valence-corrected chi connectivity index (χ4v) is 3.61. The van der Waals surface area contributed by atoms with Crippen molar-refractivity contribution in [3.8, 4) is 34.3 Å². The smallest absolute Gasteiger partial charge is 0.257 e. The van der Waals surface area contributed by atoms with Crippen molar-refractivity contribution < 1.29 is 23.7 Å². The SMILES string of the molecule is COc1ccc(-c2nc3cc(C)ccn3c2NC(=O)c2cc(OC)c(OC)c(OC)c2)cc1. The van der Waals surface area contributed by atoms with Crippen LogP contribution in [0.25, 0.3) is 16.9 Å². The average Bonchev–Trinajstić information content (AvgIpc) is 3.19. The monoisotopic (exact) mass is 447 g/mol. The van der Waals surface area contributed by atoms with E-state index in [1.807, 2.05) is 53.9 Å². The van der Waals surface area contributed by atoms with Crippen molar-refractivity contribution in [3.63, 3.8) is 0 Å². The lowest BCUT2D eigenvalue weighted by Gasteiger charge is -2.14. The highest BCUT2D eigenvalue weighted by Crippen LogP contribution is 2.38. The highest BCUT2D eigenvalue weighted by atomic mass is 16.5. The lowest BCUT2D eigenvalue weighted by molar-refractivity contribution is 0.102. The number of nitrogens with zero attached hydrogens (tertiary/aromatic N) is 2. The molecule has 8 heteroatoms. The summed E-state index contributed by atoms with van der Waals surface area (Å²) in [6, 6.07) is 14.7. The number of amides is 1. The average molecular weight is 447 g/mol. The van der Waals surface area contributed by atoms with Gasteiger partial charge in [-0.3, -0.25) is 9.20 Å². The number of hydrogen-bond acceptors (Lipinski definition) is 6. The maximum atomic E-state index is 13.3. The molecule has 0 aliphatic heterocycles. The molecule has 0 aliphatic carbocycles. The van der Waals surface area contributed by atoms with Gasteiger partial charge < -0.3 is 24.3 Å². The third kappa shape index (κ3) is 4.15. The van der Waals surface area contributed by atoms with Crippen molar-refractivity contribution in [2.75, 3.05) is 33.8 Å². The lowest BCUT2D eigenvalue weighted by Crippen LogP contribution is -2.14. The third-order valence-corrected chi connectivity index (χ3v) is 5.30. The van der Waals surface area contributed by atoms with Crippen LogP contribution in [0.3, 0.4) is 0 Å². The molecule has 0 aliphatic rings. The van der Waals surface area contributed by atoms with Gasteiger partial charge in [0.25, 0.3) is 5.91 Å². The van der Waals surface area contributed by atoms with Crippen LogP contribution in [-0.2, 0) is 0 Å². The van der Waals surface area contributed by atoms with Gasteiger partial charge in [-0.1, -0.05) is 0 Å². The van der Waals surface area contributed by atoms with Crippen molar-refractivity contribution >= 4 is 17.4 Å². The van der Waals surface area contributed by atoms with Crippen LogP contribution in [0.2, 0.25) is 0 Å². The molecule has 0 atom stereocenters. The van der Waals surface area contributed by atoms with Crippen molar-refractivity contribution in [3.05, 3.63) is 65.9 Å². The van der Waals surface area contributed by atoms with Gasteiger partial charge in [-0.2, -0.15) is 0 Å². The number of anilines is 1. The van der Waals surface area contributed by atoms with Crippen molar-refractivity contribution in [1.29, 1.82) is 0 Å². The van der Waals surface area contributed by atoms with E-state index < -0.39 is 0 Å². The first kappa shape index (κ1) is 22.0. The predicted octanol–water partition coefficient (Wildman–Crippen LogP) is 4.60. The van der Waals surface area contributed by atoms with E-state index in [0.717, 1.165) is 22.5 Å². The molecule has 0 spiro atoms. The van der Waals surface area contributed by atoms with Crippen LogP contribution in [0.15, 0.2) is 54.7 Å². The first-order valence-corrected chi connectivity index (χ1v) is 10.2. The van der Waals surface area contributed by atoms with Gasteiger partial charge in [-0.15, -0.1) is 0 Å². The minimum Gasteiger partial charge on any atom is -0.497 e. The number of rotatable bonds is 7.